The van der Waals surface area contributed by atoms with Crippen molar-refractivity contribution in [2.75, 3.05) is 0 Å². The third kappa shape index (κ3) is 2.42. The molecule has 11 heavy (non-hydrogen) atoms. The number of halogens is 1. The fraction of sp³-hybridized carbons (Fsp3) is 0.111. The molecule has 0 saturated heterocycles. The van der Waals surface area contributed by atoms with Gasteiger partial charge in [-0.15, -0.1) is 12.1 Å². The fourth-order valence-electron chi connectivity index (χ4n) is 0.765. The zero-order valence-electron chi connectivity index (χ0n) is 6.31. The quantitative estimate of drug-likeness (QED) is 0.327. The predicted octanol–water partition coefficient (Wildman–Crippen LogP) is 2.82. The van der Waals surface area contributed by atoms with E-state index in [1.807, 2.05) is 18.2 Å². The minimum atomic E-state index is 0. The van der Waals surface area contributed by atoms with Crippen molar-refractivity contribution in [3.05, 3.63) is 46.1 Å². The van der Waals surface area contributed by atoms with Gasteiger partial charge in [0.05, 0.1) is 0 Å². The van der Waals surface area contributed by atoms with Crippen molar-refractivity contribution in [3.8, 4) is 0 Å². The molecule has 0 fully saturated rings. The number of hydrogen-bond acceptors (Lipinski definition) is 0. The van der Waals surface area contributed by atoms with Gasteiger partial charge >= 0.3 is 0 Å². The molecule has 0 nitrogen and oxygen atoms in total. The first-order valence-corrected chi connectivity index (χ1v) is 4.18. The monoisotopic (exact) mass is 510 g/mol. The molecule has 0 unspecified atom stereocenters. The topological polar surface area (TPSA) is 0 Å². The molecule has 1 aromatic carbocycles. The Morgan fingerprint density at radius 3 is 2.91 bits per heavy atom. The van der Waals surface area contributed by atoms with Gasteiger partial charge in [-0.1, -0.05) is 38.7 Å². The maximum atomic E-state index is 3.68. The Morgan fingerprint density at radius 2 is 2.36 bits per heavy atom. The molecule has 0 N–H and O–H groups in total. The van der Waals surface area contributed by atoms with Crippen LogP contribution in [0.1, 0.15) is 5.56 Å². The Morgan fingerprint density at radius 1 is 1.64 bits per heavy atom. The van der Waals surface area contributed by atoms with Crippen LogP contribution in [-0.2, 0) is 6.42 Å². The molecule has 0 spiro atoms. The van der Waals surface area contributed by atoms with Crippen LogP contribution >= 0.6 is 22.6 Å². The van der Waals surface area contributed by atoms with Crippen LogP contribution in [0.2, 0.25) is 0 Å². The SMILES string of the molecule is C=CCc1ccc[c-]c1I.[Rf]. The third-order valence-corrected chi connectivity index (χ3v) is 2.25. The van der Waals surface area contributed by atoms with Crippen LogP contribution in [0.25, 0.3) is 0 Å². The Bertz CT molecular complexity index is 233. The summed E-state index contributed by atoms with van der Waals surface area (Å²) in [5.74, 6) is 0. The molecule has 0 bridgehead atoms. The molecule has 1 aromatic rings. The minimum absolute atomic E-state index is 0. The summed E-state index contributed by atoms with van der Waals surface area (Å²) in [6.45, 7) is 3.68. The largest absolute Gasteiger partial charge is 0.176 e. The van der Waals surface area contributed by atoms with E-state index in [1.54, 1.807) is 0 Å². The van der Waals surface area contributed by atoms with Crippen LogP contribution in [0.3, 0.4) is 0 Å². The molecule has 0 amide bonds. The van der Waals surface area contributed by atoms with Gasteiger partial charge in [-0.2, -0.15) is 24.3 Å². The van der Waals surface area contributed by atoms with E-state index >= 15 is 0 Å². The molecule has 54 valence electrons. The molecule has 0 heterocycles. The molecule has 0 aliphatic carbocycles. The molecule has 0 radical (unpaired) electrons. The van der Waals surface area contributed by atoms with Gasteiger partial charge in [-0.25, -0.2) is 0 Å². The van der Waals surface area contributed by atoms with Gasteiger partial charge in [0.2, 0.25) is 0 Å². The second-order valence-electron chi connectivity index (χ2n) is 2.00. The average Bonchev–Trinajstić information content (AvgIpc) is 1.94. The Labute approximate surface area is 75.1 Å². The minimum Gasteiger partial charge on any atom is -0.176 e. The van der Waals surface area contributed by atoms with Crippen molar-refractivity contribution in [3.63, 3.8) is 0 Å². The smallest absolute Gasteiger partial charge is 0 e. The molecule has 0 aromatic heterocycles. The standard InChI is InChI=1S/C9H8I.Rf/c1-2-5-8-6-3-4-7-9(8)10;/h2-4,6H,1,5H2;/q-1;. The average molecular weight is 510 g/mol. The molecule has 0 saturated carbocycles. The second-order valence-corrected chi connectivity index (χ2v) is 3.08. The van der Waals surface area contributed by atoms with E-state index in [1.165, 1.54) is 9.13 Å². The van der Waals surface area contributed by atoms with Gasteiger partial charge in [-0.05, 0) is 0 Å². The van der Waals surface area contributed by atoms with Crippen molar-refractivity contribution in [2.24, 2.45) is 0 Å². The summed E-state index contributed by atoms with van der Waals surface area (Å²) >= 11 is 2.28. The van der Waals surface area contributed by atoms with Gasteiger partial charge < -0.3 is 0 Å². The van der Waals surface area contributed by atoms with E-state index in [-0.39, 0.29) is 0 Å². The van der Waals surface area contributed by atoms with Crippen LogP contribution in [0, 0.1) is 9.64 Å². The second kappa shape index (κ2) is 4.50. The van der Waals surface area contributed by atoms with Crippen LogP contribution in [0.4, 0.5) is 0 Å². The van der Waals surface area contributed by atoms with E-state index in [2.05, 4.69) is 41.3 Å². The molecular weight excluding hydrogens is 502 g/mol. The summed E-state index contributed by atoms with van der Waals surface area (Å²) in [4.78, 5) is 0. The van der Waals surface area contributed by atoms with Crippen LogP contribution in [0.15, 0.2) is 30.9 Å². The van der Waals surface area contributed by atoms with E-state index in [4.69, 9.17) is 0 Å². The zero-order chi connectivity index (χ0) is 7.40. The van der Waals surface area contributed by atoms with E-state index in [0.717, 1.165) is 6.42 Å². The van der Waals surface area contributed by atoms with E-state index in [9.17, 15) is 0 Å². The van der Waals surface area contributed by atoms with E-state index in [0.29, 0.717) is 0 Å². The summed E-state index contributed by atoms with van der Waals surface area (Å²) in [5.41, 5.74) is 1.30. The van der Waals surface area contributed by atoms with Gasteiger partial charge in [0.15, 0.2) is 0 Å². The van der Waals surface area contributed by atoms with Gasteiger partial charge in [0, 0.05) is 0 Å². The maximum Gasteiger partial charge on any atom is 0 e. The summed E-state index contributed by atoms with van der Waals surface area (Å²) in [7, 11) is 0. The molecular formula is C9H8IRf-. The van der Waals surface area contributed by atoms with Crippen molar-refractivity contribution in [1.29, 1.82) is 0 Å². The molecule has 0 aliphatic heterocycles. The van der Waals surface area contributed by atoms with Crippen molar-refractivity contribution in [2.45, 2.75) is 6.42 Å². The summed E-state index contributed by atoms with van der Waals surface area (Å²) in [5, 5.41) is 0. The summed E-state index contributed by atoms with van der Waals surface area (Å²) < 4.78 is 1.19. The number of allylic oxidation sites excluding steroid dienone is 1. The Hall–Kier alpha value is -1.31. The first-order valence-electron chi connectivity index (χ1n) is 3.10. The first kappa shape index (κ1) is 9.69. The normalized spacial score (nSPS) is 8.45. The number of rotatable bonds is 2. The van der Waals surface area contributed by atoms with Crippen LogP contribution in [0.5, 0.6) is 0 Å². The number of benzene rings is 1. The van der Waals surface area contributed by atoms with Crippen molar-refractivity contribution < 1.29 is 0 Å². The zero-order valence-corrected chi connectivity index (χ0v) is 14.9. The first-order chi connectivity index (χ1) is 4.84. The summed E-state index contributed by atoms with van der Waals surface area (Å²) in [6.07, 6.45) is 2.85. The van der Waals surface area contributed by atoms with Crippen LogP contribution in [-0.4, -0.2) is 0 Å². The molecule has 0 atom stereocenters. The van der Waals surface area contributed by atoms with Crippen LogP contribution < -0.4 is 0 Å². The van der Waals surface area contributed by atoms with E-state index < -0.39 is 0 Å². The Kier molecular flexibility index (Phi) is 3.96. The van der Waals surface area contributed by atoms with Gasteiger partial charge in [0.1, 0.15) is 0 Å². The van der Waals surface area contributed by atoms with Crippen molar-refractivity contribution in [1.82, 2.24) is 0 Å². The number of hydrogen-bond donors (Lipinski definition) is 0. The maximum absolute atomic E-state index is 3.68. The molecule has 0 aliphatic rings. The fourth-order valence-corrected chi connectivity index (χ4v) is 1.34. The van der Waals surface area contributed by atoms with Gasteiger partial charge in [-0.3, -0.25) is 0 Å². The van der Waals surface area contributed by atoms with Gasteiger partial charge in [0.25, 0.3) is 0 Å². The molecule has 1 rings (SSSR count). The third-order valence-electron chi connectivity index (χ3n) is 1.25. The van der Waals surface area contributed by atoms with Crippen molar-refractivity contribution >= 4 is 22.6 Å². The summed E-state index contributed by atoms with van der Waals surface area (Å²) in [6, 6.07) is 9.15. The predicted molar refractivity (Wildman–Crippen MR) is 51.9 cm³/mol. The molecule has 2 heteroatoms. The Balaban J connectivity index is 0.000001000.